The van der Waals surface area contributed by atoms with Crippen molar-refractivity contribution in [3.63, 3.8) is 0 Å². The number of hydrogen-bond acceptors (Lipinski definition) is 3. The Bertz CT molecular complexity index is 790. The molecule has 0 saturated carbocycles. The molecule has 0 saturated heterocycles. The Morgan fingerprint density at radius 2 is 2.14 bits per heavy atom. The quantitative estimate of drug-likeness (QED) is 0.685. The SMILES string of the molecule is CCCCc1[nH]n2nc(-c3ccc(NC=O)cc3)nc2c1Cl. The molecule has 0 aliphatic carbocycles. The molecule has 0 unspecified atom stereocenters. The molecular weight excluding hydrogens is 302 g/mol. The summed E-state index contributed by atoms with van der Waals surface area (Å²) in [5.74, 6) is 0.591. The maximum Gasteiger partial charge on any atom is 0.211 e. The number of anilines is 1. The molecule has 0 atom stereocenters. The van der Waals surface area contributed by atoms with Crippen molar-refractivity contribution in [1.29, 1.82) is 0 Å². The van der Waals surface area contributed by atoms with Crippen LogP contribution in [0.5, 0.6) is 0 Å². The van der Waals surface area contributed by atoms with E-state index in [2.05, 4.69) is 27.4 Å². The molecule has 2 aromatic heterocycles. The number of carbonyl (C=O) groups excluding carboxylic acids is 1. The molecule has 0 aliphatic heterocycles. The second kappa shape index (κ2) is 6.19. The zero-order chi connectivity index (χ0) is 15.5. The average molecular weight is 318 g/mol. The molecule has 0 spiro atoms. The Kier molecular flexibility index (Phi) is 4.11. The van der Waals surface area contributed by atoms with E-state index in [-0.39, 0.29) is 0 Å². The Hall–Kier alpha value is -2.34. The lowest BCUT2D eigenvalue weighted by molar-refractivity contribution is -0.105. The fraction of sp³-hybridized carbons (Fsp3) is 0.267. The zero-order valence-corrected chi connectivity index (χ0v) is 12.9. The summed E-state index contributed by atoms with van der Waals surface area (Å²) in [6, 6.07) is 7.31. The van der Waals surface area contributed by atoms with Gasteiger partial charge in [-0.2, -0.15) is 4.63 Å². The molecule has 3 rings (SSSR count). The van der Waals surface area contributed by atoms with Crippen LogP contribution in [0.4, 0.5) is 5.69 Å². The van der Waals surface area contributed by atoms with Crippen molar-refractivity contribution in [1.82, 2.24) is 19.8 Å². The third kappa shape index (κ3) is 2.69. The van der Waals surface area contributed by atoms with Crippen LogP contribution >= 0.6 is 11.6 Å². The molecule has 2 N–H and O–H groups in total. The fourth-order valence-corrected chi connectivity index (χ4v) is 2.53. The fourth-order valence-electron chi connectivity index (χ4n) is 2.27. The van der Waals surface area contributed by atoms with Crippen LogP contribution in [-0.4, -0.2) is 26.2 Å². The van der Waals surface area contributed by atoms with Gasteiger partial charge in [-0.15, -0.1) is 5.10 Å². The summed E-state index contributed by atoms with van der Waals surface area (Å²) in [7, 11) is 0. The lowest BCUT2D eigenvalue weighted by atomic mass is 10.2. The molecule has 3 aromatic rings. The molecule has 0 radical (unpaired) electrons. The summed E-state index contributed by atoms with van der Waals surface area (Å²) in [5, 5.41) is 10.8. The van der Waals surface area contributed by atoms with E-state index in [4.69, 9.17) is 11.6 Å². The molecule has 1 amide bonds. The molecule has 114 valence electrons. The minimum absolute atomic E-state index is 0.591. The number of aromatic nitrogens is 4. The number of aryl methyl sites for hydroxylation is 1. The number of fused-ring (bicyclic) bond motifs is 1. The standard InChI is InChI=1S/C15H16ClN5O/c1-2-3-4-12-13(16)15-18-14(20-21(15)19-12)10-5-7-11(8-6-10)17-9-22/h5-9,19H,2-4H2,1H3,(H,17,22). The summed E-state index contributed by atoms with van der Waals surface area (Å²) >= 11 is 6.36. The van der Waals surface area contributed by atoms with E-state index in [1.807, 2.05) is 12.1 Å². The summed E-state index contributed by atoms with van der Waals surface area (Å²) in [6.45, 7) is 2.14. The average Bonchev–Trinajstić information content (AvgIpc) is 3.06. The van der Waals surface area contributed by atoms with E-state index >= 15 is 0 Å². The first-order valence-corrected chi connectivity index (χ1v) is 7.54. The minimum Gasteiger partial charge on any atom is -0.329 e. The summed E-state index contributed by atoms with van der Waals surface area (Å²) in [6.07, 6.45) is 3.71. The van der Waals surface area contributed by atoms with Crippen molar-refractivity contribution < 1.29 is 4.79 Å². The van der Waals surface area contributed by atoms with E-state index in [1.54, 1.807) is 16.8 Å². The monoisotopic (exact) mass is 317 g/mol. The number of hydrogen-bond donors (Lipinski definition) is 2. The van der Waals surface area contributed by atoms with Crippen molar-refractivity contribution in [2.75, 3.05) is 5.32 Å². The molecule has 0 fully saturated rings. The van der Waals surface area contributed by atoms with Gasteiger partial charge in [-0.1, -0.05) is 24.9 Å². The topological polar surface area (TPSA) is 75.1 Å². The highest BCUT2D eigenvalue weighted by Crippen LogP contribution is 2.25. The molecule has 7 heteroatoms. The van der Waals surface area contributed by atoms with E-state index in [9.17, 15) is 4.79 Å². The number of halogens is 1. The Balaban J connectivity index is 1.90. The van der Waals surface area contributed by atoms with Gasteiger partial charge in [0, 0.05) is 11.3 Å². The second-order valence-corrected chi connectivity index (χ2v) is 5.40. The highest BCUT2D eigenvalue weighted by atomic mass is 35.5. The number of aromatic amines is 1. The van der Waals surface area contributed by atoms with Gasteiger partial charge in [0.1, 0.15) is 5.02 Å². The summed E-state index contributed by atoms with van der Waals surface area (Å²) in [5.41, 5.74) is 3.19. The van der Waals surface area contributed by atoms with Crippen molar-refractivity contribution in [3.05, 3.63) is 35.0 Å². The van der Waals surface area contributed by atoms with E-state index in [1.165, 1.54) is 0 Å². The van der Waals surface area contributed by atoms with Crippen molar-refractivity contribution in [2.45, 2.75) is 26.2 Å². The highest BCUT2D eigenvalue weighted by Gasteiger charge is 2.15. The Morgan fingerprint density at radius 1 is 1.36 bits per heavy atom. The molecule has 0 bridgehead atoms. The highest BCUT2D eigenvalue weighted by molar-refractivity contribution is 6.34. The van der Waals surface area contributed by atoms with Crippen LogP contribution in [0.3, 0.4) is 0 Å². The number of nitrogens with zero attached hydrogens (tertiary/aromatic N) is 3. The van der Waals surface area contributed by atoms with Crippen LogP contribution in [0, 0.1) is 0 Å². The number of benzene rings is 1. The van der Waals surface area contributed by atoms with E-state index < -0.39 is 0 Å². The van der Waals surface area contributed by atoms with Crippen molar-refractivity contribution in [2.24, 2.45) is 0 Å². The van der Waals surface area contributed by atoms with Crippen molar-refractivity contribution >= 4 is 29.3 Å². The van der Waals surface area contributed by atoms with Gasteiger partial charge in [0.15, 0.2) is 11.5 Å². The van der Waals surface area contributed by atoms with Crippen LogP contribution in [0.2, 0.25) is 5.02 Å². The normalized spacial score (nSPS) is 11.0. The number of unbranched alkanes of at least 4 members (excludes halogenated alkanes) is 1. The first-order chi connectivity index (χ1) is 10.7. The zero-order valence-electron chi connectivity index (χ0n) is 12.1. The van der Waals surface area contributed by atoms with Crippen LogP contribution < -0.4 is 5.32 Å². The molecule has 22 heavy (non-hydrogen) atoms. The van der Waals surface area contributed by atoms with Crippen LogP contribution in [0.1, 0.15) is 25.5 Å². The summed E-state index contributed by atoms with van der Waals surface area (Å²) < 4.78 is 1.61. The van der Waals surface area contributed by atoms with Gasteiger partial charge >= 0.3 is 0 Å². The first kappa shape index (κ1) is 14.6. The van der Waals surface area contributed by atoms with Crippen LogP contribution in [-0.2, 0) is 11.2 Å². The van der Waals surface area contributed by atoms with E-state index in [0.29, 0.717) is 22.9 Å². The predicted octanol–water partition coefficient (Wildman–Crippen LogP) is 3.29. The first-order valence-electron chi connectivity index (χ1n) is 7.16. The largest absolute Gasteiger partial charge is 0.329 e. The minimum atomic E-state index is 0.591. The third-order valence-corrected chi connectivity index (χ3v) is 3.86. The van der Waals surface area contributed by atoms with E-state index in [0.717, 1.165) is 36.2 Å². The van der Waals surface area contributed by atoms with Gasteiger partial charge in [-0.05, 0) is 37.1 Å². The number of carbonyl (C=O) groups is 1. The summed E-state index contributed by atoms with van der Waals surface area (Å²) in [4.78, 5) is 14.9. The van der Waals surface area contributed by atoms with Gasteiger partial charge in [0.2, 0.25) is 6.41 Å². The lowest BCUT2D eigenvalue weighted by Gasteiger charge is -1.99. The van der Waals surface area contributed by atoms with Crippen LogP contribution in [0.15, 0.2) is 24.3 Å². The Labute approximate surface area is 132 Å². The maximum absolute atomic E-state index is 10.4. The maximum atomic E-state index is 10.4. The van der Waals surface area contributed by atoms with Crippen LogP contribution in [0.25, 0.3) is 17.0 Å². The van der Waals surface area contributed by atoms with Gasteiger partial charge in [0.25, 0.3) is 0 Å². The smallest absolute Gasteiger partial charge is 0.211 e. The second-order valence-electron chi connectivity index (χ2n) is 5.02. The molecular formula is C15H16ClN5O. The molecule has 6 nitrogen and oxygen atoms in total. The molecule has 0 aliphatic rings. The lowest BCUT2D eigenvalue weighted by Crippen LogP contribution is -1.94. The third-order valence-electron chi connectivity index (χ3n) is 3.46. The van der Waals surface area contributed by atoms with Gasteiger partial charge < -0.3 is 5.32 Å². The number of nitrogens with one attached hydrogen (secondary N) is 2. The van der Waals surface area contributed by atoms with Crippen molar-refractivity contribution in [3.8, 4) is 11.4 Å². The van der Waals surface area contributed by atoms with Gasteiger partial charge in [0.05, 0.1) is 5.69 Å². The molecule has 2 heterocycles. The molecule has 1 aromatic carbocycles. The van der Waals surface area contributed by atoms with Gasteiger partial charge in [-0.25, -0.2) is 4.98 Å². The number of amides is 1. The predicted molar refractivity (Wildman–Crippen MR) is 86.1 cm³/mol. The number of H-pyrrole nitrogens is 1. The van der Waals surface area contributed by atoms with Gasteiger partial charge in [-0.3, -0.25) is 9.89 Å². The number of rotatable bonds is 6. The Morgan fingerprint density at radius 3 is 2.77 bits per heavy atom.